The maximum atomic E-state index is 12.1. The van der Waals surface area contributed by atoms with E-state index in [9.17, 15) is 24.4 Å². The van der Waals surface area contributed by atoms with Crippen molar-refractivity contribution < 1.29 is 33.8 Å². The maximum absolute atomic E-state index is 12.1. The Morgan fingerprint density at radius 3 is 2.64 bits per heavy atom. The van der Waals surface area contributed by atoms with E-state index in [1.54, 1.807) is 0 Å². The van der Waals surface area contributed by atoms with Crippen LogP contribution in [-0.4, -0.2) is 54.5 Å². The Morgan fingerprint density at radius 2 is 2.08 bits per heavy atom. The molecule has 1 aromatic rings. The van der Waals surface area contributed by atoms with Crippen molar-refractivity contribution in [1.29, 1.82) is 0 Å². The van der Waals surface area contributed by atoms with Gasteiger partial charge < -0.3 is 24.7 Å². The summed E-state index contributed by atoms with van der Waals surface area (Å²) in [7, 11) is -5.01. The van der Waals surface area contributed by atoms with Crippen molar-refractivity contribution >= 4 is 7.82 Å². The topological polar surface area (TPSA) is 171 Å². The third kappa shape index (κ3) is 4.64. The quantitative estimate of drug-likeness (QED) is 0.357. The molecule has 12 heteroatoms. The van der Waals surface area contributed by atoms with Crippen LogP contribution in [0.15, 0.2) is 15.8 Å². The number of nitrogens with one attached hydrogen (secondary N) is 1. The number of phosphoric acid groups is 1. The van der Waals surface area contributed by atoms with Crippen LogP contribution in [-0.2, 0) is 20.2 Å². The highest BCUT2D eigenvalue weighted by Gasteiger charge is 2.48. The molecule has 0 spiro atoms. The Labute approximate surface area is 142 Å². The number of ether oxygens (including phenoxy) is 1. The molecule has 0 saturated carbocycles. The van der Waals surface area contributed by atoms with Gasteiger partial charge in [0.15, 0.2) is 6.23 Å². The van der Waals surface area contributed by atoms with Gasteiger partial charge in [-0.3, -0.25) is 18.9 Å². The number of aromatic nitrogens is 2. The van der Waals surface area contributed by atoms with Crippen LogP contribution in [0, 0.1) is 0 Å². The third-order valence-electron chi connectivity index (χ3n) is 3.87. The molecule has 4 atom stereocenters. The number of unbranched alkanes of at least 4 members (excludes halogenated alkanes) is 1. The van der Waals surface area contributed by atoms with Gasteiger partial charge in [-0.2, -0.15) is 0 Å². The Balaban J connectivity index is 2.44. The summed E-state index contributed by atoms with van der Waals surface area (Å²) < 4.78 is 21.9. The lowest BCUT2D eigenvalue weighted by Gasteiger charge is -2.22. The standard InChI is InChI=1S/C13H21N2O9P/c1-2-3-4-7-5-15(13(19)14-11(7)18)12-10(24-25(20,21)22)9(17)8(6-16)23-12/h5,8-10,12,16-17H,2-4,6H2,1H3,(H,14,18,19)(H2,20,21,22)/t8-,9-,10-,12-/m1/s1. The second-order valence-corrected chi connectivity index (χ2v) is 6.92. The van der Waals surface area contributed by atoms with Gasteiger partial charge in [-0.1, -0.05) is 13.3 Å². The first-order valence-electron chi connectivity index (χ1n) is 7.70. The number of hydrogen-bond acceptors (Lipinski definition) is 7. The van der Waals surface area contributed by atoms with Crippen molar-refractivity contribution in [2.75, 3.05) is 6.61 Å². The molecule has 1 saturated heterocycles. The molecule has 1 aliphatic rings. The number of nitrogens with zero attached hydrogens (tertiary/aromatic N) is 1. The second kappa shape index (κ2) is 7.92. The van der Waals surface area contributed by atoms with Crippen molar-refractivity contribution in [2.24, 2.45) is 0 Å². The van der Waals surface area contributed by atoms with Gasteiger partial charge in [0.05, 0.1) is 6.61 Å². The minimum absolute atomic E-state index is 0.280. The normalized spacial score (nSPS) is 26.9. The largest absolute Gasteiger partial charge is 0.470 e. The molecule has 0 bridgehead atoms. The van der Waals surface area contributed by atoms with Gasteiger partial charge in [0.25, 0.3) is 5.56 Å². The van der Waals surface area contributed by atoms with Gasteiger partial charge in [0.1, 0.15) is 18.3 Å². The Hall–Kier alpha value is -1.33. The zero-order chi connectivity index (χ0) is 18.8. The molecule has 1 aliphatic heterocycles. The molecular formula is C13H21N2O9P. The summed E-state index contributed by atoms with van der Waals surface area (Å²) in [6.45, 7) is 1.27. The molecule has 0 unspecified atom stereocenters. The van der Waals surface area contributed by atoms with E-state index in [2.05, 4.69) is 9.51 Å². The van der Waals surface area contributed by atoms with Crippen LogP contribution in [0.2, 0.25) is 0 Å². The number of hydrogen-bond donors (Lipinski definition) is 5. The van der Waals surface area contributed by atoms with Crippen molar-refractivity contribution in [3.05, 3.63) is 32.6 Å². The van der Waals surface area contributed by atoms with Crippen molar-refractivity contribution in [3.63, 3.8) is 0 Å². The number of aliphatic hydroxyl groups is 2. The molecule has 1 aromatic heterocycles. The maximum Gasteiger partial charge on any atom is 0.470 e. The predicted octanol–water partition coefficient (Wildman–Crippen LogP) is -1.39. The highest BCUT2D eigenvalue weighted by Crippen LogP contribution is 2.44. The van der Waals surface area contributed by atoms with Crippen molar-refractivity contribution in [1.82, 2.24) is 9.55 Å². The molecule has 1 fully saturated rings. The molecule has 25 heavy (non-hydrogen) atoms. The number of rotatable bonds is 7. The Morgan fingerprint density at radius 1 is 1.40 bits per heavy atom. The minimum atomic E-state index is -5.01. The Kier molecular flexibility index (Phi) is 6.33. The highest BCUT2D eigenvalue weighted by molar-refractivity contribution is 7.46. The summed E-state index contributed by atoms with van der Waals surface area (Å²) in [5.41, 5.74) is -1.18. The highest BCUT2D eigenvalue weighted by atomic mass is 31.2. The fourth-order valence-corrected chi connectivity index (χ4v) is 3.17. The lowest BCUT2D eigenvalue weighted by molar-refractivity contribution is -0.0545. The first kappa shape index (κ1) is 20.0. The lowest BCUT2D eigenvalue weighted by Crippen LogP contribution is -2.39. The fourth-order valence-electron chi connectivity index (χ4n) is 2.63. The molecule has 0 amide bonds. The first-order chi connectivity index (χ1) is 11.7. The first-order valence-corrected chi connectivity index (χ1v) is 9.23. The number of phosphoric ester groups is 1. The molecule has 142 valence electrons. The van der Waals surface area contributed by atoms with E-state index in [1.165, 1.54) is 6.20 Å². The van der Waals surface area contributed by atoms with Crippen molar-refractivity contribution in [3.8, 4) is 0 Å². The molecule has 11 nitrogen and oxygen atoms in total. The fraction of sp³-hybridized carbons (Fsp3) is 0.692. The molecule has 0 radical (unpaired) electrons. The Bertz CT molecular complexity index is 755. The number of H-pyrrole nitrogens is 1. The van der Waals surface area contributed by atoms with Crippen LogP contribution in [0.3, 0.4) is 0 Å². The zero-order valence-corrected chi connectivity index (χ0v) is 14.3. The number of aliphatic hydroxyl groups excluding tert-OH is 2. The van der Waals surface area contributed by atoms with Crippen LogP contribution in [0.4, 0.5) is 0 Å². The summed E-state index contributed by atoms with van der Waals surface area (Å²) >= 11 is 0. The number of aryl methyl sites for hydroxylation is 1. The summed E-state index contributed by atoms with van der Waals surface area (Å²) in [5.74, 6) is 0. The van der Waals surface area contributed by atoms with Crippen LogP contribution < -0.4 is 11.2 Å². The monoisotopic (exact) mass is 380 g/mol. The van der Waals surface area contributed by atoms with Gasteiger partial charge in [0.2, 0.25) is 0 Å². The van der Waals surface area contributed by atoms with Crippen LogP contribution in [0.1, 0.15) is 31.6 Å². The second-order valence-electron chi connectivity index (χ2n) is 5.72. The van der Waals surface area contributed by atoms with Crippen LogP contribution >= 0.6 is 7.82 Å². The molecule has 2 rings (SSSR count). The zero-order valence-electron chi connectivity index (χ0n) is 13.4. The van der Waals surface area contributed by atoms with Crippen LogP contribution in [0.5, 0.6) is 0 Å². The van der Waals surface area contributed by atoms with E-state index < -0.39 is 50.2 Å². The van der Waals surface area contributed by atoms with E-state index in [4.69, 9.17) is 14.5 Å². The van der Waals surface area contributed by atoms with E-state index in [0.29, 0.717) is 12.8 Å². The van der Waals surface area contributed by atoms with Crippen molar-refractivity contribution in [2.45, 2.75) is 50.7 Å². The smallest absolute Gasteiger partial charge is 0.394 e. The van der Waals surface area contributed by atoms with E-state index in [0.717, 1.165) is 11.0 Å². The summed E-state index contributed by atoms with van der Waals surface area (Å²) in [6.07, 6.45) is -2.73. The molecule has 0 aliphatic carbocycles. The summed E-state index contributed by atoms with van der Waals surface area (Å²) in [4.78, 5) is 44.1. The van der Waals surface area contributed by atoms with E-state index in [-0.39, 0.29) is 5.56 Å². The van der Waals surface area contributed by atoms with E-state index in [1.807, 2.05) is 6.92 Å². The molecular weight excluding hydrogens is 359 g/mol. The number of aromatic amines is 1. The van der Waals surface area contributed by atoms with Gasteiger partial charge in [-0.05, 0) is 12.8 Å². The minimum Gasteiger partial charge on any atom is -0.394 e. The third-order valence-corrected chi connectivity index (χ3v) is 4.39. The van der Waals surface area contributed by atoms with Crippen LogP contribution in [0.25, 0.3) is 0 Å². The van der Waals surface area contributed by atoms with Gasteiger partial charge in [-0.15, -0.1) is 0 Å². The summed E-state index contributed by atoms with van der Waals surface area (Å²) in [6, 6.07) is 0. The van der Waals surface area contributed by atoms with Gasteiger partial charge in [-0.25, -0.2) is 9.36 Å². The molecule has 5 N–H and O–H groups in total. The summed E-state index contributed by atoms with van der Waals surface area (Å²) in [5, 5.41) is 19.3. The predicted molar refractivity (Wildman–Crippen MR) is 83.9 cm³/mol. The average molecular weight is 380 g/mol. The lowest BCUT2D eigenvalue weighted by atomic mass is 10.1. The molecule has 0 aromatic carbocycles. The molecule has 2 heterocycles. The average Bonchev–Trinajstić information content (AvgIpc) is 2.81. The van der Waals surface area contributed by atoms with E-state index >= 15 is 0 Å². The van der Waals surface area contributed by atoms with Gasteiger partial charge in [0, 0.05) is 11.8 Å². The SMILES string of the molecule is CCCCc1cn([C@@H]2O[C@H](CO)[C@@H](O)[C@H]2OP(=O)(O)O)c(=O)[nH]c1=O. The van der Waals surface area contributed by atoms with Gasteiger partial charge >= 0.3 is 13.5 Å².